The van der Waals surface area contributed by atoms with Gasteiger partial charge in [-0.3, -0.25) is 4.79 Å². The molecular weight excluding hydrogens is 300 g/mol. The van der Waals surface area contributed by atoms with Crippen molar-refractivity contribution >= 4 is 5.97 Å². The number of esters is 1. The van der Waals surface area contributed by atoms with Gasteiger partial charge in [-0.15, -0.1) is 0 Å². The summed E-state index contributed by atoms with van der Waals surface area (Å²) in [4.78, 5) is 12.6. The average molecular weight is 332 g/mol. The molecule has 0 spiro atoms. The van der Waals surface area contributed by atoms with Gasteiger partial charge in [0, 0.05) is 0 Å². The van der Waals surface area contributed by atoms with E-state index >= 15 is 0 Å². The average Bonchev–Trinajstić information content (AvgIpc) is 2.95. The van der Waals surface area contributed by atoms with E-state index in [2.05, 4.69) is 33.4 Å². The lowest BCUT2D eigenvalue weighted by Gasteiger charge is -2.57. The summed E-state index contributed by atoms with van der Waals surface area (Å²) < 4.78 is 11.1. The van der Waals surface area contributed by atoms with E-state index in [1.54, 1.807) is 0 Å². The largest absolute Gasteiger partial charge is 0.469 e. The third-order valence-corrected chi connectivity index (χ3v) is 7.33. The van der Waals surface area contributed by atoms with Gasteiger partial charge in [0.15, 0.2) is 0 Å². The number of hydrogen-bond acceptors (Lipinski definition) is 3. The molecule has 0 N–H and O–H groups in total. The number of ether oxygens (including phenoxy) is 2. The number of fused-ring (bicyclic) bond motifs is 1. The van der Waals surface area contributed by atoms with E-state index in [-0.39, 0.29) is 22.9 Å². The second-order valence-corrected chi connectivity index (χ2v) is 8.58. The Labute approximate surface area is 146 Å². The van der Waals surface area contributed by atoms with Crippen molar-refractivity contribution < 1.29 is 14.3 Å². The number of carbonyl (C=O) groups excluding carboxylic acids is 1. The molecule has 5 atom stereocenters. The second-order valence-electron chi connectivity index (χ2n) is 8.58. The fourth-order valence-corrected chi connectivity index (χ4v) is 5.89. The molecule has 24 heavy (non-hydrogen) atoms. The fraction of sp³-hybridized carbons (Fsp3) is 0.762. The minimum atomic E-state index is -0.359. The van der Waals surface area contributed by atoms with Crippen LogP contribution >= 0.6 is 0 Å². The van der Waals surface area contributed by atoms with Gasteiger partial charge in [-0.2, -0.15) is 0 Å². The van der Waals surface area contributed by atoms with Crippen LogP contribution < -0.4 is 0 Å². The van der Waals surface area contributed by atoms with Gasteiger partial charge in [0.1, 0.15) is 0 Å². The molecule has 2 aliphatic carbocycles. The zero-order valence-electron chi connectivity index (χ0n) is 15.7. The van der Waals surface area contributed by atoms with Crippen molar-refractivity contribution in [2.75, 3.05) is 13.7 Å². The van der Waals surface area contributed by atoms with Crippen molar-refractivity contribution in [3.05, 3.63) is 23.8 Å². The van der Waals surface area contributed by atoms with Crippen LogP contribution in [0.4, 0.5) is 0 Å². The molecule has 0 aromatic rings. The number of rotatable bonds is 3. The van der Waals surface area contributed by atoms with E-state index < -0.39 is 0 Å². The van der Waals surface area contributed by atoms with Crippen LogP contribution in [0.2, 0.25) is 0 Å². The minimum absolute atomic E-state index is 0.0297. The van der Waals surface area contributed by atoms with Crippen molar-refractivity contribution in [2.24, 2.45) is 22.7 Å². The van der Waals surface area contributed by atoms with E-state index in [0.29, 0.717) is 11.8 Å². The molecule has 0 radical (unpaired) electrons. The predicted octanol–water partition coefficient (Wildman–Crippen LogP) is 4.67. The standard InChI is InChI=1S/C21H32O3/c1-14-7-8-18-20(3,10-6-11-21(18,4)19(22)23-5)16(14)13-17-15(2)9-12-24-17/h9,16-18H,1,6-8,10-13H2,2-5H3/t16-,17+,18+,20+,21-/m0/s1. The van der Waals surface area contributed by atoms with Gasteiger partial charge in [0.05, 0.1) is 25.2 Å². The summed E-state index contributed by atoms with van der Waals surface area (Å²) in [5.41, 5.74) is 2.46. The molecule has 1 heterocycles. The summed E-state index contributed by atoms with van der Waals surface area (Å²) in [5.74, 6) is 0.761. The molecule has 3 aliphatic rings. The van der Waals surface area contributed by atoms with Gasteiger partial charge in [0.25, 0.3) is 0 Å². The Balaban J connectivity index is 1.90. The van der Waals surface area contributed by atoms with Crippen LogP contribution in [0.15, 0.2) is 23.8 Å². The molecule has 0 aromatic carbocycles. The molecule has 2 saturated carbocycles. The summed E-state index contributed by atoms with van der Waals surface area (Å²) in [7, 11) is 1.53. The van der Waals surface area contributed by atoms with Crippen molar-refractivity contribution in [1.82, 2.24) is 0 Å². The van der Waals surface area contributed by atoms with Crippen LogP contribution in [0, 0.1) is 22.7 Å². The van der Waals surface area contributed by atoms with E-state index in [4.69, 9.17) is 9.47 Å². The molecule has 1 aliphatic heterocycles. The Morgan fingerprint density at radius 2 is 2.17 bits per heavy atom. The van der Waals surface area contributed by atoms with Crippen molar-refractivity contribution in [3.63, 3.8) is 0 Å². The summed E-state index contributed by atoms with van der Waals surface area (Å²) in [6.45, 7) is 11.8. The maximum Gasteiger partial charge on any atom is 0.311 e. The summed E-state index contributed by atoms with van der Waals surface area (Å²) in [5, 5.41) is 0. The molecule has 3 heteroatoms. The zero-order chi connectivity index (χ0) is 17.5. The number of hydrogen-bond donors (Lipinski definition) is 0. The Bertz CT molecular complexity index is 563. The van der Waals surface area contributed by atoms with E-state index in [9.17, 15) is 4.79 Å². The summed E-state index contributed by atoms with van der Waals surface area (Å²) in [6, 6.07) is 0. The highest BCUT2D eigenvalue weighted by Gasteiger charge is 2.58. The van der Waals surface area contributed by atoms with E-state index in [1.807, 2.05) is 0 Å². The smallest absolute Gasteiger partial charge is 0.311 e. The van der Waals surface area contributed by atoms with Crippen molar-refractivity contribution in [1.29, 1.82) is 0 Å². The van der Waals surface area contributed by atoms with Crippen LogP contribution in [0.3, 0.4) is 0 Å². The molecule has 3 nitrogen and oxygen atoms in total. The Kier molecular flexibility index (Phi) is 4.67. The first kappa shape index (κ1) is 17.7. The molecule has 0 unspecified atom stereocenters. The molecule has 3 rings (SSSR count). The Morgan fingerprint density at radius 3 is 2.79 bits per heavy atom. The number of carbonyl (C=O) groups is 1. The molecule has 0 aromatic heterocycles. The molecule has 0 amide bonds. The van der Waals surface area contributed by atoms with E-state index in [0.717, 1.165) is 38.7 Å². The van der Waals surface area contributed by atoms with Gasteiger partial charge in [-0.25, -0.2) is 0 Å². The first-order chi connectivity index (χ1) is 11.3. The van der Waals surface area contributed by atoms with Crippen molar-refractivity contribution in [2.45, 2.75) is 65.4 Å². The van der Waals surface area contributed by atoms with Crippen LogP contribution in [-0.4, -0.2) is 25.8 Å². The number of allylic oxidation sites excluding steroid dienone is 1. The molecule has 2 fully saturated rings. The fourth-order valence-electron chi connectivity index (χ4n) is 5.89. The third-order valence-electron chi connectivity index (χ3n) is 7.33. The molecule has 134 valence electrons. The number of methoxy groups -OCH3 is 1. The summed E-state index contributed by atoms with van der Waals surface area (Å²) in [6.07, 6.45) is 8.68. The van der Waals surface area contributed by atoms with Gasteiger partial charge >= 0.3 is 5.97 Å². The third kappa shape index (κ3) is 2.65. The Hall–Kier alpha value is -1.09. The van der Waals surface area contributed by atoms with Crippen LogP contribution in [0.5, 0.6) is 0 Å². The predicted molar refractivity (Wildman–Crippen MR) is 95.5 cm³/mol. The zero-order valence-corrected chi connectivity index (χ0v) is 15.7. The highest BCUT2D eigenvalue weighted by atomic mass is 16.5. The summed E-state index contributed by atoms with van der Waals surface area (Å²) >= 11 is 0. The van der Waals surface area contributed by atoms with Crippen LogP contribution in [-0.2, 0) is 14.3 Å². The lowest BCUT2D eigenvalue weighted by molar-refractivity contribution is -0.168. The van der Waals surface area contributed by atoms with Crippen LogP contribution in [0.1, 0.15) is 59.3 Å². The van der Waals surface area contributed by atoms with Gasteiger partial charge < -0.3 is 9.47 Å². The topological polar surface area (TPSA) is 35.5 Å². The van der Waals surface area contributed by atoms with Gasteiger partial charge in [0.2, 0.25) is 0 Å². The van der Waals surface area contributed by atoms with E-state index in [1.165, 1.54) is 24.7 Å². The maximum absolute atomic E-state index is 12.6. The highest BCUT2D eigenvalue weighted by molar-refractivity contribution is 5.77. The molecule has 0 bridgehead atoms. The monoisotopic (exact) mass is 332 g/mol. The first-order valence-corrected chi connectivity index (χ1v) is 9.37. The van der Waals surface area contributed by atoms with Gasteiger partial charge in [-0.1, -0.05) is 31.6 Å². The van der Waals surface area contributed by atoms with Crippen LogP contribution in [0.25, 0.3) is 0 Å². The van der Waals surface area contributed by atoms with Gasteiger partial charge in [-0.05, 0) is 68.8 Å². The lowest BCUT2D eigenvalue weighted by atomic mass is 9.46. The SMILES string of the molecule is C=C1CC[C@@H]2[C@](C)(CCC[C@]2(C)C(=O)OC)[C@H]1C[C@H]1OCC=C1C. The minimum Gasteiger partial charge on any atom is -0.469 e. The first-order valence-electron chi connectivity index (χ1n) is 9.37. The quantitative estimate of drug-likeness (QED) is 0.556. The Morgan fingerprint density at radius 1 is 1.42 bits per heavy atom. The second kappa shape index (κ2) is 6.33. The van der Waals surface area contributed by atoms with Crippen molar-refractivity contribution in [3.8, 4) is 0 Å². The maximum atomic E-state index is 12.6. The normalized spacial score (nSPS) is 42.4. The molecular formula is C21H32O3. The lowest BCUT2D eigenvalue weighted by Crippen LogP contribution is -2.54. The molecule has 0 saturated heterocycles. The highest BCUT2D eigenvalue weighted by Crippen LogP contribution is 2.62.